The first-order chi connectivity index (χ1) is 8.59. The van der Waals surface area contributed by atoms with Crippen LogP contribution >= 0.6 is 0 Å². The van der Waals surface area contributed by atoms with Crippen LogP contribution < -0.4 is 5.32 Å². The van der Waals surface area contributed by atoms with Crippen molar-refractivity contribution >= 4 is 0 Å². The molecule has 1 unspecified atom stereocenters. The van der Waals surface area contributed by atoms with Crippen LogP contribution in [0.3, 0.4) is 0 Å². The summed E-state index contributed by atoms with van der Waals surface area (Å²) < 4.78 is 0. The second-order valence-corrected chi connectivity index (χ2v) is 6.18. The minimum atomic E-state index is 0.605. The lowest BCUT2D eigenvalue weighted by Crippen LogP contribution is -2.64. The lowest BCUT2D eigenvalue weighted by molar-refractivity contribution is -0.0250. The zero-order valence-electron chi connectivity index (χ0n) is 12.5. The molecular formula is C14H30N4. The maximum absolute atomic E-state index is 3.55. The Morgan fingerprint density at radius 2 is 1.56 bits per heavy atom. The van der Waals surface area contributed by atoms with Gasteiger partial charge in [0.15, 0.2) is 0 Å². The molecule has 4 heteroatoms. The fourth-order valence-corrected chi connectivity index (χ4v) is 3.20. The summed E-state index contributed by atoms with van der Waals surface area (Å²) >= 11 is 0. The first kappa shape index (κ1) is 14.3. The van der Waals surface area contributed by atoms with Gasteiger partial charge in [0.1, 0.15) is 0 Å². The van der Waals surface area contributed by atoms with Gasteiger partial charge in [-0.05, 0) is 27.7 Å². The molecule has 0 spiro atoms. The fraction of sp³-hybridized carbons (Fsp3) is 1.00. The molecule has 0 aromatic heterocycles. The van der Waals surface area contributed by atoms with E-state index in [0.717, 1.165) is 13.1 Å². The Balaban J connectivity index is 1.91. The van der Waals surface area contributed by atoms with Crippen LogP contribution in [0.25, 0.3) is 0 Å². The van der Waals surface area contributed by atoms with Crippen LogP contribution in [0.4, 0.5) is 0 Å². The molecule has 18 heavy (non-hydrogen) atoms. The molecule has 0 amide bonds. The number of piperazine rings is 2. The van der Waals surface area contributed by atoms with Gasteiger partial charge in [-0.3, -0.25) is 14.7 Å². The highest BCUT2D eigenvalue weighted by Crippen LogP contribution is 2.15. The van der Waals surface area contributed by atoms with Gasteiger partial charge < -0.3 is 5.32 Å². The first-order valence-corrected chi connectivity index (χ1v) is 7.54. The van der Waals surface area contributed by atoms with Gasteiger partial charge in [0, 0.05) is 57.9 Å². The van der Waals surface area contributed by atoms with Crippen LogP contribution in [0.1, 0.15) is 27.7 Å². The van der Waals surface area contributed by atoms with Crippen LogP contribution in [-0.4, -0.2) is 78.8 Å². The van der Waals surface area contributed by atoms with E-state index in [0.29, 0.717) is 18.2 Å². The number of nitrogens with one attached hydrogen (secondary N) is 1. The summed E-state index contributed by atoms with van der Waals surface area (Å²) in [5, 5.41) is 3.55. The zero-order valence-corrected chi connectivity index (χ0v) is 12.5. The van der Waals surface area contributed by atoms with Crippen molar-refractivity contribution in [1.29, 1.82) is 0 Å². The molecule has 106 valence electrons. The number of rotatable bonds is 3. The van der Waals surface area contributed by atoms with E-state index in [9.17, 15) is 0 Å². The molecule has 2 heterocycles. The normalized spacial score (nSPS) is 29.3. The molecule has 2 fully saturated rings. The Bertz CT molecular complexity index is 246. The first-order valence-electron chi connectivity index (χ1n) is 7.54. The molecule has 2 aliphatic heterocycles. The lowest BCUT2D eigenvalue weighted by atomic mass is 10.1. The van der Waals surface area contributed by atoms with Crippen LogP contribution in [0.15, 0.2) is 0 Å². The van der Waals surface area contributed by atoms with E-state index in [-0.39, 0.29) is 0 Å². The van der Waals surface area contributed by atoms with Crippen LogP contribution in [0, 0.1) is 0 Å². The van der Waals surface area contributed by atoms with E-state index in [1.165, 1.54) is 32.7 Å². The highest BCUT2D eigenvalue weighted by molar-refractivity contribution is 4.86. The minimum Gasteiger partial charge on any atom is -0.313 e. The van der Waals surface area contributed by atoms with Crippen molar-refractivity contribution in [2.24, 2.45) is 0 Å². The lowest BCUT2D eigenvalue weighted by Gasteiger charge is -2.48. The topological polar surface area (TPSA) is 21.8 Å². The summed E-state index contributed by atoms with van der Waals surface area (Å²) in [5.41, 5.74) is 0. The van der Waals surface area contributed by atoms with E-state index in [1.54, 1.807) is 0 Å². The molecule has 0 radical (unpaired) electrons. The second-order valence-electron chi connectivity index (χ2n) is 6.18. The molecular weight excluding hydrogens is 224 g/mol. The second kappa shape index (κ2) is 6.33. The maximum atomic E-state index is 3.55. The molecule has 0 aliphatic carbocycles. The van der Waals surface area contributed by atoms with Crippen molar-refractivity contribution in [3.8, 4) is 0 Å². The van der Waals surface area contributed by atoms with E-state index >= 15 is 0 Å². The quantitative estimate of drug-likeness (QED) is 0.798. The molecule has 2 aliphatic rings. The van der Waals surface area contributed by atoms with Gasteiger partial charge in [0.25, 0.3) is 0 Å². The molecule has 2 saturated heterocycles. The van der Waals surface area contributed by atoms with Gasteiger partial charge >= 0.3 is 0 Å². The van der Waals surface area contributed by atoms with E-state index in [2.05, 4.69) is 47.7 Å². The third kappa shape index (κ3) is 3.23. The molecule has 2 rings (SSSR count). The summed E-state index contributed by atoms with van der Waals surface area (Å²) in [6, 6.07) is 1.35. The monoisotopic (exact) mass is 254 g/mol. The Morgan fingerprint density at radius 3 is 2.11 bits per heavy atom. The molecule has 1 atom stereocenters. The van der Waals surface area contributed by atoms with Gasteiger partial charge in [-0.15, -0.1) is 0 Å². The third-order valence-electron chi connectivity index (χ3n) is 4.42. The van der Waals surface area contributed by atoms with Crippen molar-refractivity contribution in [2.75, 3.05) is 45.8 Å². The van der Waals surface area contributed by atoms with Gasteiger partial charge in [-0.1, -0.05) is 0 Å². The van der Waals surface area contributed by atoms with Crippen molar-refractivity contribution in [3.05, 3.63) is 0 Å². The SMILES string of the molecule is CC(C)N1CCN(C2CNCCN2C(C)C)CC1. The van der Waals surface area contributed by atoms with Crippen molar-refractivity contribution < 1.29 is 0 Å². The van der Waals surface area contributed by atoms with E-state index in [4.69, 9.17) is 0 Å². The summed E-state index contributed by atoms with van der Waals surface area (Å²) in [4.78, 5) is 7.92. The summed E-state index contributed by atoms with van der Waals surface area (Å²) in [6.45, 7) is 17.6. The maximum Gasteiger partial charge on any atom is 0.0754 e. The number of hydrogen-bond donors (Lipinski definition) is 1. The smallest absolute Gasteiger partial charge is 0.0754 e. The van der Waals surface area contributed by atoms with Crippen molar-refractivity contribution in [2.45, 2.75) is 45.9 Å². The van der Waals surface area contributed by atoms with Gasteiger partial charge in [-0.2, -0.15) is 0 Å². The minimum absolute atomic E-state index is 0.605. The van der Waals surface area contributed by atoms with Crippen molar-refractivity contribution in [1.82, 2.24) is 20.0 Å². The van der Waals surface area contributed by atoms with Crippen LogP contribution in [0.2, 0.25) is 0 Å². The summed E-state index contributed by atoms with van der Waals surface area (Å²) in [5.74, 6) is 0. The van der Waals surface area contributed by atoms with E-state index in [1.807, 2.05) is 0 Å². The molecule has 0 aromatic carbocycles. The number of nitrogens with zero attached hydrogens (tertiary/aromatic N) is 3. The molecule has 0 saturated carbocycles. The summed E-state index contributed by atoms with van der Waals surface area (Å²) in [7, 11) is 0. The fourth-order valence-electron chi connectivity index (χ4n) is 3.20. The Labute approximate surface area is 112 Å². The van der Waals surface area contributed by atoms with E-state index < -0.39 is 0 Å². The largest absolute Gasteiger partial charge is 0.313 e. The average molecular weight is 254 g/mol. The van der Waals surface area contributed by atoms with Gasteiger partial charge in [-0.25, -0.2) is 0 Å². The molecule has 1 N–H and O–H groups in total. The average Bonchev–Trinajstić information content (AvgIpc) is 2.39. The van der Waals surface area contributed by atoms with Crippen molar-refractivity contribution in [3.63, 3.8) is 0 Å². The number of hydrogen-bond acceptors (Lipinski definition) is 4. The highest BCUT2D eigenvalue weighted by Gasteiger charge is 2.31. The standard InChI is InChI=1S/C14H30N4/c1-12(2)16-7-9-17(10-8-16)14-11-15-5-6-18(14)13(3)4/h12-15H,5-11H2,1-4H3. The third-order valence-corrected chi connectivity index (χ3v) is 4.42. The summed E-state index contributed by atoms with van der Waals surface area (Å²) in [6.07, 6.45) is 0.605. The molecule has 0 aromatic rings. The predicted octanol–water partition coefficient (Wildman–Crippen LogP) is 0.652. The zero-order chi connectivity index (χ0) is 13.1. The Morgan fingerprint density at radius 1 is 0.889 bits per heavy atom. The Kier molecular flexibility index (Phi) is 5.01. The van der Waals surface area contributed by atoms with Gasteiger partial charge in [0.05, 0.1) is 6.17 Å². The van der Waals surface area contributed by atoms with Crippen LogP contribution in [0.5, 0.6) is 0 Å². The van der Waals surface area contributed by atoms with Gasteiger partial charge in [0.2, 0.25) is 0 Å². The van der Waals surface area contributed by atoms with Crippen LogP contribution in [-0.2, 0) is 0 Å². The Hall–Kier alpha value is -0.160. The molecule has 0 bridgehead atoms. The molecule has 4 nitrogen and oxygen atoms in total. The highest BCUT2D eigenvalue weighted by atomic mass is 15.4. The predicted molar refractivity (Wildman–Crippen MR) is 76.8 cm³/mol.